The van der Waals surface area contributed by atoms with Gasteiger partial charge in [-0.2, -0.15) is 0 Å². The smallest absolute Gasteiger partial charge is 0.324 e. The van der Waals surface area contributed by atoms with Gasteiger partial charge in [0.15, 0.2) is 11.6 Å². The van der Waals surface area contributed by atoms with Crippen LogP contribution in [0, 0.1) is 11.7 Å². The lowest BCUT2D eigenvalue weighted by molar-refractivity contribution is -0.118. The summed E-state index contributed by atoms with van der Waals surface area (Å²) in [6.07, 6.45) is 3.62. The van der Waals surface area contributed by atoms with Crippen molar-refractivity contribution in [1.82, 2.24) is 19.9 Å². The third-order valence-corrected chi connectivity index (χ3v) is 6.83. The highest BCUT2D eigenvalue weighted by molar-refractivity contribution is 7.88. The Labute approximate surface area is 191 Å². The number of carbonyl (C=O) groups excluding carboxylic acids is 2. The fourth-order valence-electron chi connectivity index (χ4n) is 3.50. The van der Waals surface area contributed by atoms with Crippen LogP contribution in [0.25, 0.3) is 0 Å². The zero-order valence-corrected chi connectivity index (χ0v) is 18.9. The molecule has 2 N–H and O–H groups in total. The molecular formula is C22H25FN4O5S. The van der Waals surface area contributed by atoms with E-state index in [1.807, 2.05) is 0 Å². The quantitative estimate of drug-likeness (QED) is 0.508. The van der Waals surface area contributed by atoms with Crippen molar-refractivity contribution in [3.63, 3.8) is 0 Å². The lowest BCUT2D eigenvalue weighted by atomic mass is 10.1. The summed E-state index contributed by atoms with van der Waals surface area (Å²) in [5.41, 5.74) is 1.53. The Morgan fingerprint density at radius 3 is 2.76 bits per heavy atom. The number of hydrogen-bond donors (Lipinski definition) is 2. The monoisotopic (exact) mass is 476 g/mol. The van der Waals surface area contributed by atoms with Crippen molar-refractivity contribution < 1.29 is 27.1 Å². The molecule has 4 rings (SSSR count). The number of amides is 3. The number of sulfonamides is 1. The third kappa shape index (κ3) is 6.26. The Hall–Kier alpha value is -3.05. The molecule has 1 aliphatic heterocycles. The highest BCUT2D eigenvalue weighted by Crippen LogP contribution is 2.31. The van der Waals surface area contributed by atoms with E-state index < -0.39 is 27.9 Å². The van der Waals surface area contributed by atoms with Crippen molar-refractivity contribution in [2.24, 2.45) is 5.92 Å². The summed E-state index contributed by atoms with van der Waals surface area (Å²) >= 11 is 0. The molecule has 1 saturated carbocycles. The summed E-state index contributed by atoms with van der Waals surface area (Å²) in [7, 11) is -3.78. The molecule has 1 aromatic carbocycles. The van der Waals surface area contributed by atoms with E-state index in [0.29, 0.717) is 29.3 Å². The average Bonchev–Trinajstić information content (AvgIpc) is 3.51. The Bertz CT molecular complexity index is 1170. The van der Waals surface area contributed by atoms with Crippen LogP contribution in [-0.4, -0.2) is 43.4 Å². The number of imide groups is 1. The Balaban J connectivity index is 1.39. The topological polar surface area (TPSA) is 118 Å². The van der Waals surface area contributed by atoms with Gasteiger partial charge in [-0.3, -0.25) is 15.1 Å². The van der Waals surface area contributed by atoms with Gasteiger partial charge < -0.3 is 9.64 Å². The summed E-state index contributed by atoms with van der Waals surface area (Å²) in [4.78, 5) is 28.5. The molecule has 1 atom stereocenters. The molecular weight excluding hydrogens is 451 g/mol. The molecule has 1 aliphatic carbocycles. The molecule has 1 saturated heterocycles. The van der Waals surface area contributed by atoms with Crippen LogP contribution < -0.4 is 14.8 Å². The van der Waals surface area contributed by atoms with Crippen molar-refractivity contribution in [2.75, 3.05) is 13.2 Å². The Morgan fingerprint density at radius 2 is 2.06 bits per heavy atom. The second kappa shape index (κ2) is 9.44. The first-order chi connectivity index (χ1) is 15.7. The van der Waals surface area contributed by atoms with Gasteiger partial charge in [-0.15, -0.1) is 0 Å². The van der Waals surface area contributed by atoms with Crippen molar-refractivity contribution in [2.45, 2.75) is 38.1 Å². The van der Waals surface area contributed by atoms with Crippen LogP contribution >= 0.6 is 0 Å². The maximum Gasteiger partial charge on any atom is 0.324 e. The van der Waals surface area contributed by atoms with E-state index in [0.717, 1.165) is 12.8 Å². The van der Waals surface area contributed by atoms with Crippen LogP contribution in [0.1, 0.15) is 42.6 Å². The molecule has 9 nitrogen and oxygen atoms in total. The minimum absolute atomic E-state index is 0.0438. The van der Waals surface area contributed by atoms with Crippen molar-refractivity contribution in [3.8, 4) is 5.75 Å². The average molecular weight is 477 g/mol. The number of urea groups is 1. The molecule has 2 aromatic rings. The van der Waals surface area contributed by atoms with Crippen LogP contribution in [0.3, 0.4) is 0 Å². The Morgan fingerprint density at radius 1 is 1.27 bits per heavy atom. The molecule has 1 aromatic heterocycles. The molecule has 0 radical (unpaired) electrons. The minimum Gasteiger partial charge on any atom is -0.490 e. The number of carbonyl (C=O) groups is 2. The number of ether oxygens (including phenoxy) is 1. The van der Waals surface area contributed by atoms with Crippen LogP contribution in [-0.2, 0) is 27.1 Å². The largest absolute Gasteiger partial charge is 0.490 e. The number of aromatic nitrogens is 1. The van der Waals surface area contributed by atoms with E-state index in [1.54, 1.807) is 19.1 Å². The zero-order chi connectivity index (χ0) is 23.6. The molecule has 0 unspecified atom stereocenters. The number of nitrogens with one attached hydrogen (secondary N) is 2. The van der Waals surface area contributed by atoms with Gasteiger partial charge in [0.05, 0.1) is 12.3 Å². The van der Waals surface area contributed by atoms with Crippen molar-refractivity contribution in [3.05, 3.63) is 59.2 Å². The molecule has 0 bridgehead atoms. The first kappa shape index (κ1) is 23.1. The lowest BCUT2D eigenvalue weighted by Crippen LogP contribution is -2.29. The molecule has 0 spiro atoms. The first-order valence-electron chi connectivity index (χ1n) is 10.6. The van der Waals surface area contributed by atoms with E-state index in [1.165, 1.54) is 29.3 Å². The lowest BCUT2D eigenvalue weighted by Gasteiger charge is -2.17. The first-order valence-corrected chi connectivity index (χ1v) is 12.3. The number of pyridine rings is 1. The normalized spacial score (nSPS) is 17.2. The van der Waals surface area contributed by atoms with Gasteiger partial charge in [0.2, 0.25) is 15.9 Å². The SMILES string of the molecule is C[C@@H](NS(=O)(=O)Cc1cc(CN2CC(=O)NC2=O)ccn1)c1ccc(F)c(OCC2CC2)c1. The number of benzene rings is 1. The van der Waals surface area contributed by atoms with Crippen LogP contribution in [0.2, 0.25) is 0 Å². The van der Waals surface area contributed by atoms with Crippen LogP contribution in [0.4, 0.5) is 9.18 Å². The van der Waals surface area contributed by atoms with Crippen molar-refractivity contribution >= 4 is 22.0 Å². The van der Waals surface area contributed by atoms with Gasteiger partial charge in [0.1, 0.15) is 12.3 Å². The maximum atomic E-state index is 14.0. The number of hydrogen-bond acceptors (Lipinski definition) is 6. The number of halogens is 1. The molecule has 33 heavy (non-hydrogen) atoms. The van der Waals surface area contributed by atoms with E-state index in [2.05, 4.69) is 15.0 Å². The molecule has 176 valence electrons. The van der Waals surface area contributed by atoms with E-state index in [4.69, 9.17) is 4.74 Å². The van der Waals surface area contributed by atoms with Crippen molar-refractivity contribution in [1.29, 1.82) is 0 Å². The number of rotatable bonds is 10. The highest BCUT2D eigenvalue weighted by atomic mass is 32.2. The minimum atomic E-state index is -3.78. The van der Waals surface area contributed by atoms with Gasteiger partial charge in [0.25, 0.3) is 0 Å². The molecule has 11 heteroatoms. The van der Waals surface area contributed by atoms with Gasteiger partial charge in [0, 0.05) is 18.8 Å². The summed E-state index contributed by atoms with van der Waals surface area (Å²) in [5, 5.41) is 2.20. The molecule has 2 aliphatic rings. The highest BCUT2D eigenvalue weighted by Gasteiger charge is 2.27. The van der Waals surface area contributed by atoms with E-state index in [-0.39, 0.29) is 30.5 Å². The summed E-state index contributed by atoms with van der Waals surface area (Å²) in [6, 6.07) is 6.46. The maximum absolute atomic E-state index is 14.0. The van der Waals surface area contributed by atoms with Gasteiger partial charge in [-0.25, -0.2) is 22.3 Å². The van der Waals surface area contributed by atoms with E-state index >= 15 is 0 Å². The fraction of sp³-hybridized carbons (Fsp3) is 0.409. The zero-order valence-electron chi connectivity index (χ0n) is 18.1. The third-order valence-electron chi connectivity index (χ3n) is 5.44. The second-order valence-electron chi connectivity index (χ2n) is 8.41. The predicted octanol–water partition coefficient (Wildman–Crippen LogP) is 2.24. The summed E-state index contributed by atoms with van der Waals surface area (Å²) in [6.45, 7) is 2.24. The molecule has 2 fully saturated rings. The Kier molecular flexibility index (Phi) is 6.61. The van der Waals surface area contributed by atoms with Crippen LogP contribution in [0.15, 0.2) is 36.5 Å². The van der Waals surface area contributed by atoms with Gasteiger partial charge in [-0.1, -0.05) is 6.07 Å². The standard InChI is InChI=1S/C22H25FN4O5S/c1-14(17-4-5-19(23)20(9-17)32-12-15-2-3-15)26-33(30,31)13-18-8-16(6-7-24-18)10-27-11-21(28)25-22(27)29/h4-9,14-15,26H,2-3,10-13H2,1H3,(H,25,28,29)/t14-/m1/s1. The summed E-state index contributed by atoms with van der Waals surface area (Å²) < 4.78 is 47.6. The fourth-order valence-corrected chi connectivity index (χ4v) is 4.81. The molecule has 2 heterocycles. The summed E-state index contributed by atoms with van der Waals surface area (Å²) in [5.74, 6) is -0.652. The van der Waals surface area contributed by atoms with Gasteiger partial charge in [-0.05, 0) is 61.1 Å². The second-order valence-corrected chi connectivity index (χ2v) is 10.2. The number of nitrogens with zero attached hydrogens (tertiary/aromatic N) is 2. The molecule has 3 amide bonds. The van der Waals surface area contributed by atoms with Crippen LogP contribution in [0.5, 0.6) is 5.75 Å². The van der Waals surface area contributed by atoms with Gasteiger partial charge >= 0.3 is 6.03 Å². The van der Waals surface area contributed by atoms with E-state index in [9.17, 15) is 22.4 Å². The predicted molar refractivity (Wildman–Crippen MR) is 117 cm³/mol.